The van der Waals surface area contributed by atoms with Gasteiger partial charge in [0.15, 0.2) is 0 Å². The van der Waals surface area contributed by atoms with Gasteiger partial charge in [0.1, 0.15) is 6.04 Å². The number of methoxy groups -OCH3 is 1. The molecule has 1 aromatic rings. The van der Waals surface area contributed by atoms with Crippen LogP contribution >= 0.6 is 0 Å². The molecule has 0 aliphatic carbocycles. The molecule has 2 rings (SSSR count). The highest BCUT2D eigenvalue weighted by molar-refractivity contribution is 5.88. The van der Waals surface area contributed by atoms with Gasteiger partial charge in [0.25, 0.3) is 0 Å². The van der Waals surface area contributed by atoms with Crippen LogP contribution in [0.3, 0.4) is 0 Å². The van der Waals surface area contributed by atoms with Gasteiger partial charge in [-0.3, -0.25) is 14.5 Å². The molecular weight excluding hydrogens is 282 g/mol. The molecule has 0 bridgehead atoms. The number of carbonyl (C=O) groups is 2. The second-order valence-corrected chi connectivity index (χ2v) is 5.77. The fourth-order valence-corrected chi connectivity index (χ4v) is 3.11. The van der Waals surface area contributed by atoms with Crippen LogP contribution in [0.2, 0.25) is 0 Å². The van der Waals surface area contributed by atoms with E-state index in [2.05, 4.69) is 0 Å². The zero-order chi connectivity index (χ0) is 16.2. The third kappa shape index (κ3) is 3.14. The summed E-state index contributed by atoms with van der Waals surface area (Å²) >= 11 is 0. The van der Waals surface area contributed by atoms with Crippen LogP contribution in [0.5, 0.6) is 0 Å². The molecule has 120 valence electrons. The number of nitrogens with zero attached hydrogens (tertiary/aromatic N) is 1. The molecule has 0 radical (unpaired) electrons. The molecule has 1 saturated heterocycles. The summed E-state index contributed by atoms with van der Waals surface area (Å²) in [5.74, 6) is -0.718. The highest BCUT2D eigenvalue weighted by atomic mass is 16.5. The molecule has 1 unspecified atom stereocenters. The maximum atomic E-state index is 12.4. The number of hydrogen-bond acceptors (Lipinski definition) is 5. The first kappa shape index (κ1) is 16.5. The van der Waals surface area contributed by atoms with Gasteiger partial charge < -0.3 is 9.47 Å². The number of ether oxygens (including phenoxy) is 2. The molecule has 0 aromatic heterocycles. The Kier molecular flexibility index (Phi) is 5.19. The summed E-state index contributed by atoms with van der Waals surface area (Å²) in [4.78, 5) is 26.6. The van der Waals surface area contributed by atoms with Crippen LogP contribution in [0.1, 0.15) is 25.8 Å². The Morgan fingerprint density at radius 3 is 2.59 bits per heavy atom. The van der Waals surface area contributed by atoms with E-state index >= 15 is 0 Å². The van der Waals surface area contributed by atoms with Crippen molar-refractivity contribution in [3.05, 3.63) is 35.9 Å². The van der Waals surface area contributed by atoms with Crippen LogP contribution < -0.4 is 0 Å². The molecule has 0 saturated carbocycles. The van der Waals surface area contributed by atoms with Crippen molar-refractivity contribution in [3.63, 3.8) is 0 Å². The summed E-state index contributed by atoms with van der Waals surface area (Å²) in [5, 5.41) is 0. The fourth-order valence-electron chi connectivity index (χ4n) is 3.11. The minimum absolute atomic E-state index is 0.297. The van der Waals surface area contributed by atoms with Crippen molar-refractivity contribution >= 4 is 11.9 Å². The van der Waals surface area contributed by atoms with Gasteiger partial charge in [-0.25, -0.2) is 0 Å². The zero-order valence-electron chi connectivity index (χ0n) is 13.4. The van der Waals surface area contributed by atoms with E-state index in [1.54, 1.807) is 13.8 Å². The van der Waals surface area contributed by atoms with Crippen LogP contribution in [0.4, 0.5) is 0 Å². The Morgan fingerprint density at radius 2 is 2.00 bits per heavy atom. The predicted octanol–water partition coefficient (Wildman–Crippen LogP) is 2.00. The normalized spacial score (nSPS) is 25.0. The summed E-state index contributed by atoms with van der Waals surface area (Å²) in [6.07, 6.45) is 0.579. The Bertz CT molecular complexity index is 531. The van der Waals surface area contributed by atoms with Crippen molar-refractivity contribution in [1.29, 1.82) is 0 Å². The minimum Gasteiger partial charge on any atom is -0.469 e. The van der Waals surface area contributed by atoms with Crippen LogP contribution in [-0.2, 0) is 25.6 Å². The monoisotopic (exact) mass is 305 g/mol. The summed E-state index contributed by atoms with van der Waals surface area (Å²) in [6, 6.07) is 9.29. The van der Waals surface area contributed by atoms with E-state index in [0.29, 0.717) is 26.1 Å². The van der Waals surface area contributed by atoms with Crippen molar-refractivity contribution in [2.75, 3.05) is 20.3 Å². The molecule has 5 heteroatoms. The maximum absolute atomic E-state index is 12.4. The van der Waals surface area contributed by atoms with Gasteiger partial charge in [-0.15, -0.1) is 0 Å². The fraction of sp³-hybridized carbons (Fsp3) is 0.529. The number of esters is 2. The van der Waals surface area contributed by atoms with E-state index in [0.717, 1.165) is 5.56 Å². The second kappa shape index (κ2) is 6.92. The first-order valence-electron chi connectivity index (χ1n) is 7.56. The second-order valence-electron chi connectivity index (χ2n) is 5.77. The average Bonchev–Trinajstić information content (AvgIpc) is 2.85. The number of hydrogen-bond donors (Lipinski definition) is 0. The summed E-state index contributed by atoms with van der Waals surface area (Å²) < 4.78 is 10.1. The molecule has 1 heterocycles. The van der Waals surface area contributed by atoms with Gasteiger partial charge >= 0.3 is 11.9 Å². The van der Waals surface area contributed by atoms with E-state index in [4.69, 9.17) is 9.47 Å². The van der Waals surface area contributed by atoms with Gasteiger partial charge in [0.2, 0.25) is 0 Å². The highest BCUT2D eigenvalue weighted by Gasteiger charge is 2.54. The molecule has 5 nitrogen and oxygen atoms in total. The molecule has 22 heavy (non-hydrogen) atoms. The van der Waals surface area contributed by atoms with Gasteiger partial charge in [-0.05, 0) is 25.8 Å². The van der Waals surface area contributed by atoms with Crippen molar-refractivity contribution in [2.24, 2.45) is 5.41 Å². The van der Waals surface area contributed by atoms with Crippen LogP contribution in [0.25, 0.3) is 0 Å². The first-order valence-corrected chi connectivity index (χ1v) is 7.56. The van der Waals surface area contributed by atoms with Gasteiger partial charge in [-0.1, -0.05) is 30.3 Å². The quantitative estimate of drug-likeness (QED) is 0.779. The lowest BCUT2D eigenvalue weighted by Crippen LogP contribution is -2.49. The smallest absolute Gasteiger partial charge is 0.324 e. The van der Waals surface area contributed by atoms with Crippen LogP contribution in [0, 0.1) is 5.41 Å². The lowest BCUT2D eigenvalue weighted by molar-refractivity contribution is -0.164. The van der Waals surface area contributed by atoms with Crippen molar-refractivity contribution in [2.45, 2.75) is 32.9 Å². The lowest BCUT2D eigenvalue weighted by atomic mass is 9.82. The molecule has 0 spiro atoms. The Balaban J connectivity index is 2.25. The van der Waals surface area contributed by atoms with E-state index in [9.17, 15) is 9.59 Å². The Labute approximate surface area is 131 Å². The van der Waals surface area contributed by atoms with Gasteiger partial charge in [0, 0.05) is 13.1 Å². The van der Waals surface area contributed by atoms with E-state index in [1.165, 1.54) is 7.11 Å². The number of rotatable bonds is 5. The third-order valence-corrected chi connectivity index (χ3v) is 4.28. The van der Waals surface area contributed by atoms with Gasteiger partial charge in [-0.2, -0.15) is 0 Å². The van der Waals surface area contributed by atoms with Crippen molar-refractivity contribution < 1.29 is 19.1 Å². The Hall–Kier alpha value is -1.88. The number of benzene rings is 1. The topological polar surface area (TPSA) is 55.8 Å². The predicted molar refractivity (Wildman–Crippen MR) is 82.0 cm³/mol. The van der Waals surface area contributed by atoms with Crippen LogP contribution in [-0.4, -0.2) is 43.1 Å². The van der Waals surface area contributed by atoms with E-state index < -0.39 is 11.5 Å². The van der Waals surface area contributed by atoms with Crippen molar-refractivity contribution in [3.8, 4) is 0 Å². The van der Waals surface area contributed by atoms with Crippen LogP contribution in [0.15, 0.2) is 30.3 Å². The molecule has 1 aliphatic heterocycles. The molecule has 2 atom stereocenters. The molecule has 0 amide bonds. The average molecular weight is 305 g/mol. The molecular formula is C17H23NO4. The number of carbonyl (C=O) groups excluding carboxylic acids is 2. The summed E-state index contributed by atoms with van der Waals surface area (Å²) in [6.45, 7) is 5.11. The zero-order valence-corrected chi connectivity index (χ0v) is 13.4. The Morgan fingerprint density at radius 1 is 1.32 bits per heavy atom. The van der Waals surface area contributed by atoms with E-state index in [-0.39, 0.29) is 11.9 Å². The number of likely N-dealkylation sites (tertiary alicyclic amines) is 1. The third-order valence-electron chi connectivity index (χ3n) is 4.28. The largest absolute Gasteiger partial charge is 0.469 e. The van der Waals surface area contributed by atoms with Gasteiger partial charge in [0.05, 0.1) is 19.1 Å². The SMILES string of the molecule is CCOC(=O)[C@H]1N(Cc2ccccc2)CCC1(C)C(=O)OC. The molecule has 1 fully saturated rings. The standard InChI is InChI=1S/C17H23NO4/c1-4-22-15(19)14-17(2,16(20)21-3)10-11-18(14)12-13-8-6-5-7-9-13/h5-9,14H,4,10-12H2,1-3H3/t14-,17?/m1/s1. The first-order chi connectivity index (χ1) is 10.5. The summed E-state index contributed by atoms with van der Waals surface area (Å²) in [7, 11) is 1.36. The molecule has 1 aromatic carbocycles. The highest BCUT2D eigenvalue weighted by Crippen LogP contribution is 2.39. The van der Waals surface area contributed by atoms with E-state index in [1.807, 2.05) is 35.2 Å². The van der Waals surface area contributed by atoms with Crippen molar-refractivity contribution in [1.82, 2.24) is 4.90 Å². The minimum atomic E-state index is -0.865. The summed E-state index contributed by atoms with van der Waals surface area (Å²) in [5.41, 5.74) is 0.237. The molecule has 1 aliphatic rings. The lowest BCUT2D eigenvalue weighted by Gasteiger charge is -2.31. The molecule has 0 N–H and O–H groups in total. The maximum Gasteiger partial charge on any atom is 0.324 e.